The van der Waals surface area contributed by atoms with Gasteiger partial charge < -0.3 is 19.5 Å². The molecule has 2 N–H and O–H groups in total. The van der Waals surface area contributed by atoms with E-state index < -0.39 is 0 Å². The van der Waals surface area contributed by atoms with Gasteiger partial charge in [-0.3, -0.25) is 14.7 Å². The third-order valence-corrected chi connectivity index (χ3v) is 5.79. The Hall–Kier alpha value is -3.20. The van der Waals surface area contributed by atoms with E-state index in [-0.39, 0.29) is 11.5 Å². The van der Waals surface area contributed by atoms with E-state index in [1.807, 2.05) is 30.0 Å². The summed E-state index contributed by atoms with van der Waals surface area (Å²) < 4.78 is 5.80. The first-order valence-corrected chi connectivity index (χ1v) is 11.2. The van der Waals surface area contributed by atoms with Gasteiger partial charge in [-0.2, -0.15) is 5.10 Å². The third kappa shape index (κ3) is 4.52. The Labute approximate surface area is 186 Å². The Morgan fingerprint density at radius 3 is 2.69 bits per heavy atom. The van der Waals surface area contributed by atoms with Crippen LogP contribution in [0.15, 0.2) is 23.0 Å². The zero-order valence-electron chi connectivity index (χ0n) is 18.9. The van der Waals surface area contributed by atoms with E-state index in [0.29, 0.717) is 54.3 Å². The van der Waals surface area contributed by atoms with Crippen molar-refractivity contribution in [2.75, 3.05) is 39.8 Å². The number of benzene rings is 1. The Bertz CT molecular complexity index is 1160. The van der Waals surface area contributed by atoms with Gasteiger partial charge in [-0.1, -0.05) is 13.3 Å². The molecule has 9 nitrogen and oxygen atoms in total. The Balaban J connectivity index is 1.66. The molecule has 9 heteroatoms. The molecule has 1 saturated heterocycles. The molecular weight excluding hydrogens is 408 g/mol. The fourth-order valence-corrected chi connectivity index (χ4v) is 4.02. The number of carbonyl (C=O) groups is 1. The fourth-order valence-electron chi connectivity index (χ4n) is 4.02. The highest BCUT2D eigenvalue weighted by atomic mass is 16.5. The normalized spacial score (nSPS) is 14.8. The van der Waals surface area contributed by atoms with Gasteiger partial charge in [-0.25, -0.2) is 4.98 Å². The Kier molecular flexibility index (Phi) is 6.55. The number of nitrogens with zero attached hydrogens (tertiary/aromatic N) is 4. The number of aryl methyl sites for hydroxylation is 1. The number of carbonyl (C=O) groups excluding carboxylic acids is 1. The van der Waals surface area contributed by atoms with Gasteiger partial charge in [-0.05, 0) is 38.6 Å². The molecule has 4 rings (SSSR count). The van der Waals surface area contributed by atoms with Gasteiger partial charge in [0.05, 0.1) is 12.3 Å². The number of fused-ring (bicyclic) bond motifs is 1. The zero-order valence-corrected chi connectivity index (χ0v) is 18.9. The highest BCUT2D eigenvalue weighted by Crippen LogP contribution is 2.24. The van der Waals surface area contributed by atoms with E-state index in [2.05, 4.69) is 39.0 Å². The minimum atomic E-state index is -0.248. The van der Waals surface area contributed by atoms with E-state index in [0.717, 1.165) is 37.2 Å². The van der Waals surface area contributed by atoms with Crippen molar-refractivity contribution in [3.05, 3.63) is 51.2 Å². The maximum atomic E-state index is 13.1. The second-order valence-corrected chi connectivity index (χ2v) is 8.18. The monoisotopic (exact) mass is 438 g/mol. The summed E-state index contributed by atoms with van der Waals surface area (Å²) in [6.07, 6.45) is 2.00. The maximum absolute atomic E-state index is 13.1. The lowest BCUT2D eigenvalue weighted by Crippen LogP contribution is -2.47. The van der Waals surface area contributed by atoms with E-state index in [1.54, 1.807) is 0 Å². The molecule has 0 radical (unpaired) electrons. The third-order valence-electron chi connectivity index (χ3n) is 5.79. The smallest absolute Gasteiger partial charge is 0.276 e. The van der Waals surface area contributed by atoms with Crippen LogP contribution < -0.4 is 10.3 Å². The molecule has 1 aliphatic rings. The number of nitrogens with one attached hydrogen (secondary N) is 2. The SMILES string of the molecule is CCCc1n[nH]c2c(=O)[nH]c(Cc3cc(C(=O)N4CCN(C)CC4)ccc3OCC)nc12. The van der Waals surface area contributed by atoms with Crippen LogP contribution in [0.4, 0.5) is 0 Å². The summed E-state index contributed by atoms with van der Waals surface area (Å²) in [4.78, 5) is 37.3. The predicted octanol–water partition coefficient (Wildman–Crippen LogP) is 1.98. The summed E-state index contributed by atoms with van der Waals surface area (Å²) in [6.45, 7) is 7.64. The van der Waals surface area contributed by atoms with Crippen molar-refractivity contribution in [1.82, 2.24) is 30.0 Å². The number of hydrogen-bond acceptors (Lipinski definition) is 6. The van der Waals surface area contributed by atoms with Crippen molar-refractivity contribution in [2.45, 2.75) is 33.1 Å². The number of aromatic nitrogens is 4. The molecule has 1 amide bonds. The molecule has 0 unspecified atom stereocenters. The number of rotatable bonds is 7. The first-order valence-electron chi connectivity index (χ1n) is 11.2. The van der Waals surface area contributed by atoms with Gasteiger partial charge in [-0.15, -0.1) is 0 Å². The van der Waals surface area contributed by atoms with Crippen LogP contribution in [0.25, 0.3) is 11.0 Å². The highest BCUT2D eigenvalue weighted by Gasteiger charge is 2.22. The lowest BCUT2D eigenvalue weighted by molar-refractivity contribution is 0.0664. The molecule has 0 bridgehead atoms. The molecular formula is C23H30N6O3. The minimum Gasteiger partial charge on any atom is -0.494 e. The van der Waals surface area contributed by atoms with E-state index >= 15 is 0 Å². The Morgan fingerprint density at radius 1 is 1.19 bits per heavy atom. The van der Waals surface area contributed by atoms with Crippen molar-refractivity contribution in [3.63, 3.8) is 0 Å². The van der Waals surface area contributed by atoms with Crippen LogP contribution in [0, 0.1) is 0 Å². The molecule has 0 spiro atoms. The summed E-state index contributed by atoms with van der Waals surface area (Å²) in [7, 11) is 2.06. The average Bonchev–Trinajstić information content (AvgIpc) is 3.19. The van der Waals surface area contributed by atoms with Crippen molar-refractivity contribution < 1.29 is 9.53 Å². The minimum absolute atomic E-state index is 0.0133. The van der Waals surface area contributed by atoms with Gasteiger partial charge in [0.1, 0.15) is 22.6 Å². The van der Waals surface area contributed by atoms with Gasteiger partial charge in [0, 0.05) is 43.7 Å². The summed E-state index contributed by atoms with van der Waals surface area (Å²) >= 11 is 0. The van der Waals surface area contributed by atoms with E-state index in [1.165, 1.54) is 0 Å². The number of H-pyrrole nitrogens is 2. The molecule has 1 aliphatic heterocycles. The first kappa shape index (κ1) is 22.0. The highest BCUT2D eigenvalue weighted by molar-refractivity contribution is 5.94. The second kappa shape index (κ2) is 9.52. The standard InChI is InChI=1S/C23H30N6O3/c1-4-6-17-20-21(27-26-17)22(30)25-19(24-20)14-16-13-15(7-8-18(16)32-5-2)23(31)29-11-9-28(3)10-12-29/h7-8,13H,4-6,9-12,14H2,1-3H3,(H,26,27)(H,24,25,30). The Morgan fingerprint density at radius 2 is 1.97 bits per heavy atom. The van der Waals surface area contributed by atoms with E-state index in [9.17, 15) is 9.59 Å². The van der Waals surface area contributed by atoms with E-state index in [4.69, 9.17) is 4.74 Å². The fraction of sp³-hybridized carbons (Fsp3) is 0.478. The van der Waals surface area contributed by atoms with Crippen LogP contribution in [0.5, 0.6) is 5.75 Å². The second-order valence-electron chi connectivity index (χ2n) is 8.18. The van der Waals surface area contributed by atoms with Crippen LogP contribution in [0.2, 0.25) is 0 Å². The van der Waals surface area contributed by atoms with Crippen LogP contribution >= 0.6 is 0 Å². The van der Waals surface area contributed by atoms with Crippen LogP contribution in [-0.2, 0) is 12.8 Å². The molecule has 3 aromatic rings. The van der Waals surface area contributed by atoms with Gasteiger partial charge in [0.25, 0.3) is 11.5 Å². The largest absolute Gasteiger partial charge is 0.494 e. The lowest BCUT2D eigenvalue weighted by atomic mass is 10.0. The summed E-state index contributed by atoms with van der Waals surface area (Å²) in [5, 5.41) is 7.04. The molecule has 3 heterocycles. The maximum Gasteiger partial charge on any atom is 0.276 e. The molecule has 0 saturated carbocycles. The molecule has 1 fully saturated rings. The summed E-state index contributed by atoms with van der Waals surface area (Å²) in [6, 6.07) is 5.50. The molecule has 0 aliphatic carbocycles. The number of likely N-dealkylation sites (N-methyl/N-ethyl adjacent to an activating group) is 1. The molecule has 170 valence electrons. The van der Waals surface area contributed by atoms with Gasteiger partial charge in [0.2, 0.25) is 0 Å². The molecule has 1 aromatic carbocycles. The number of ether oxygens (including phenoxy) is 1. The van der Waals surface area contributed by atoms with Crippen LogP contribution in [0.3, 0.4) is 0 Å². The van der Waals surface area contributed by atoms with Crippen molar-refractivity contribution in [3.8, 4) is 5.75 Å². The number of aromatic amines is 2. The van der Waals surface area contributed by atoms with Crippen molar-refractivity contribution in [1.29, 1.82) is 0 Å². The molecule has 2 aromatic heterocycles. The van der Waals surface area contributed by atoms with Gasteiger partial charge in [0.15, 0.2) is 0 Å². The predicted molar refractivity (Wildman–Crippen MR) is 122 cm³/mol. The number of hydrogen-bond donors (Lipinski definition) is 2. The number of amides is 1. The van der Waals surface area contributed by atoms with Gasteiger partial charge >= 0.3 is 0 Å². The quantitative estimate of drug-likeness (QED) is 0.584. The summed E-state index contributed by atoms with van der Waals surface area (Å²) in [5.74, 6) is 1.22. The zero-order chi connectivity index (χ0) is 22.7. The lowest BCUT2D eigenvalue weighted by Gasteiger charge is -2.32. The van der Waals surface area contributed by atoms with Crippen LogP contribution in [-0.4, -0.2) is 75.7 Å². The van der Waals surface area contributed by atoms with Crippen molar-refractivity contribution in [2.24, 2.45) is 0 Å². The number of piperazine rings is 1. The average molecular weight is 439 g/mol. The first-order chi connectivity index (χ1) is 15.5. The molecule has 0 atom stereocenters. The molecule has 32 heavy (non-hydrogen) atoms. The van der Waals surface area contributed by atoms with Crippen LogP contribution in [0.1, 0.15) is 47.7 Å². The topological polar surface area (TPSA) is 107 Å². The van der Waals surface area contributed by atoms with Crippen molar-refractivity contribution >= 4 is 16.9 Å². The summed E-state index contributed by atoms with van der Waals surface area (Å²) in [5.41, 5.74) is 2.97.